The number of amides is 2. The summed E-state index contributed by atoms with van der Waals surface area (Å²) >= 11 is 0. The molecule has 4 nitrogen and oxygen atoms in total. The Hall–Kier alpha value is -3.47. The largest absolute Gasteiger partial charge is 0.369 e. The van der Waals surface area contributed by atoms with E-state index in [0.29, 0.717) is 30.5 Å². The van der Waals surface area contributed by atoms with Crippen molar-refractivity contribution < 1.29 is 14.0 Å². The molecule has 0 spiro atoms. The van der Waals surface area contributed by atoms with E-state index in [1.54, 1.807) is 35.2 Å². The average Bonchev–Trinajstić information content (AvgIpc) is 3.20. The maximum Gasteiger partial charge on any atom is 0.253 e. The maximum atomic E-state index is 14.4. The van der Waals surface area contributed by atoms with Gasteiger partial charge in [-0.25, -0.2) is 4.39 Å². The summed E-state index contributed by atoms with van der Waals surface area (Å²) in [5.74, 6) is -0.860. The summed E-state index contributed by atoms with van der Waals surface area (Å²) in [6, 6.07) is 23.1. The van der Waals surface area contributed by atoms with Crippen LogP contribution in [-0.4, -0.2) is 29.8 Å². The zero-order valence-electron chi connectivity index (χ0n) is 16.6. The van der Waals surface area contributed by atoms with Crippen molar-refractivity contribution in [2.45, 2.75) is 12.8 Å². The molecule has 0 aromatic heterocycles. The van der Waals surface area contributed by atoms with Crippen molar-refractivity contribution in [2.75, 3.05) is 13.1 Å². The molecule has 1 unspecified atom stereocenters. The molecule has 2 amide bonds. The number of halogens is 1. The predicted molar refractivity (Wildman–Crippen MR) is 114 cm³/mol. The van der Waals surface area contributed by atoms with Gasteiger partial charge in [0.1, 0.15) is 5.82 Å². The van der Waals surface area contributed by atoms with Crippen LogP contribution in [0.1, 0.15) is 22.3 Å². The number of hydrogen-bond donors (Lipinski definition) is 1. The lowest BCUT2D eigenvalue weighted by molar-refractivity contribution is -0.126. The molecule has 1 saturated heterocycles. The van der Waals surface area contributed by atoms with Gasteiger partial charge in [-0.05, 0) is 42.2 Å². The SMILES string of the molecule is NC(=O)C1(Cc2ccccc2-c2ccccc2F)CCN(C(=O)c2ccccc2)C1. The van der Waals surface area contributed by atoms with Crippen LogP contribution in [0, 0.1) is 11.2 Å². The van der Waals surface area contributed by atoms with Crippen molar-refractivity contribution in [1.29, 1.82) is 0 Å². The minimum atomic E-state index is -0.883. The highest BCUT2D eigenvalue weighted by atomic mass is 19.1. The van der Waals surface area contributed by atoms with E-state index in [2.05, 4.69) is 0 Å². The molecule has 0 radical (unpaired) electrons. The Balaban J connectivity index is 1.64. The summed E-state index contributed by atoms with van der Waals surface area (Å²) in [4.78, 5) is 27.1. The first kappa shape index (κ1) is 19.8. The molecule has 2 N–H and O–H groups in total. The highest BCUT2D eigenvalue weighted by Gasteiger charge is 2.45. The van der Waals surface area contributed by atoms with Gasteiger partial charge in [0.15, 0.2) is 0 Å². The van der Waals surface area contributed by atoms with E-state index in [1.807, 2.05) is 42.5 Å². The molecule has 1 heterocycles. The van der Waals surface area contributed by atoms with Crippen LogP contribution < -0.4 is 5.73 Å². The fraction of sp³-hybridized carbons (Fsp3) is 0.200. The lowest BCUT2D eigenvalue weighted by Gasteiger charge is -2.27. The zero-order valence-corrected chi connectivity index (χ0v) is 16.6. The summed E-state index contributed by atoms with van der Waals surface area (Å²) in [6.45, 7) is 0.709. The Morgan fingerprint density at radius 1 is 0.900 bits per heavy atom. The van der Waals surface area contributed by atoms with Gasteiger partial charge in [0.05, 0.1) is 5.41 Å². The van der Waals surface area contributed by atoms with Crippen LogP contribution in [0.25, 0.3) is 11.1 Å². The normalized spacial score (nSPS) is 18.4. The van der Waals surface area contributed by atoms with E-state index in [1.165, 1.54) is 6.07 Å². The Bertz CT molecular complexity index is 1080. The lowest BCUT2D eigenvalue weighted by Crippen LogP contribution is -2.42. The quantitative estimate of drug-likeness (QED) is 0.700. The van der Waals surface area contributed by atoms with Gasteiger partial charge in [0.25, 0.3) is 5.91 Å². The molecule has 1 fully saturated rings. The Kier molecular flexibility index (Phi) is 5.36. The minimum Gasteiger partial charge on any atom is -0.369 e. The number of nitrogens with two attached hydrogens (primary N) is 1. The van der Waals surface area contributed by atoms with Crippen molar-refractivity contribution in [3.8, 4) is 11.1 Å². The monoisotopic (exact) mass is 402 g/mol. The van der Waals surface area contributed by atoms with Gasteiger partial charge < -0.3 is 10.6 Å². The molecule has 0 saturated carbocycles. The molecule has 1 aliphatic rings. The fourth-order valence-electron chi connectivity index (χ4n) is 4.22. The van der Waals surface area contributed by atoms with Crippen molar-refractivity contribution in [1.82, 2.24) is 4.90 Å². The Morgan fingerprint density at radius 3 is 2.23 bits per heavy atom. The number of nitrogens with zero attached hydrogens (tertiary/aromatic N) is 1. The number of carbonyl (C=O) groups is 2. The molecule has 152 valence electrons. The number of rotatable bonds is 5. The first-order valence-electron chi connectivity index (χ1n) is 9.97. The van der Waals surface area contributed by atoms with E-state index in [4.69, 9.17) is 5.73 Å². The summed E-state index contributed by atoms with van der Waals surface area (Å²) in [6.07, 6.45) is 0.831. The van der Waals surface area contributed by atoms with Crippen molar-refractivity contribution in [3.63, 3.8) is 0 Å². The Morgan fingerprint density at radius 2 is 1.53 bits per heavy atom. The summed E-state index contributed by atoms with van der Waals surface area (Å²) in [5, 5.41) is 0. The molecule has 1 atom stereocenters. The number of primary amides is 1. The predicted octanol–water partition coefficient (Wildman–Crippen LogP) is 4.05. The maximum absolute atomic E-state index is 14.4. The van der Waals surface area contributed by atoms with E-state index >= 15 is 0 Å². The smallest absolute Gasteiger partial charge is 0.253 e. The van der Waals surface area contributed by atoms with Gasteiger partial charge in [-0.2, -0.15) is 0 Å². The third-order valence-electron chi connectivity index (χ3n) is 5.89. The molecular weight excluding hydrogens is 379 g/mol. The van der Waals surface area contributed by atoms with E-state index < -0.39 is 11.3 Å². The first-order valence-corrected chi connectivity index (χ1v) is 9.97. The van der Waals surface area contributed by atoms with Crippen LogP contribution in [0.3, 0.4) is 0 Å². The Labute approximate surface area is 175 Å². The second kappa shape index (κ2) is 8.11. The number of likely N-dealkylation sites (tertiary alicyclic amines) is 1. The zero-order chi connectivity index (χ0) is 21.1. The van der Waals surface area contributed by atoms with Crippen molar-refractivity contribution in [2.24, 2.45) is 11.1 Å². The summed E-state index contributed by atoms with van der Waals surface area (Å²) < 4.78 is 14.4. The molecular formula is C25H23FN2O2. The van der Waals surface area contributed by atoms with Gasteiger partial charge >= 0.3 is 0 Å². The summed E-state index contributed by atoms with van der Waals surface area (Å²) in [7, 11) is 0. The number of hydrogen-bond acceptors (Lipinski definition) is 2. The molecule has 5 heteroatoms. The second-order valence-electron chi connectivity index (χ2n) is 7.80. The summed E-state index contributed by atoms with van der Waals surface area (Å²) in [5.41, 5.74) is 7.63. The van der Waals surface area contributed by atoms with Gasteiger partial charge in [-0.1, -0.05) is 60.7 Å². The average molecular weight is 402 g/mol. The number of carbonyl (C=O) groups excluding carboxylic acids is 2. The van der Waals surface area contributed by atoms with E-state index in [-0.39, 0.29) is 18.3 Å². The van der Waals surface area contributed by atoms with Crippen LogP contribution in [0.15, 0.2) is 78.9 Å². The molecule has 4 rings (SSSR count). The highest BCUT2D eigenvalue weighted by Crippen LogP contribution is 2.38. The van der Waals surface area contributed by atoms with Crippen LogP contribution in [0.2, 0.25) is 0 Å². The molecule has 30 heavy (non-hydrogen) atoms. The van der Waals surface area contributed by atoms with E-state index in [9.17, 15) is 14.0 Å². The third kappa shape index (κ3) is 3.71. The third-order valence-corrected chi connectivity index (χ3v) is 5.89. The van der Waals surface area contributed by atoms with Crippen LogP contribution in [0.4, 0.5) is 4.39 Å². The van der Waals surface area contributed by atoms with E-state index in [0.717, 1.165) is 11.1 Å². The topological polar surface area (TPSA) is 63.4 Å². The van der Waals surface area contributed by atoms with Crippen LogP contribution in [0.5, 0.6) is 0 Å². The molecule has 0 aliphatic carbocycles. The molecule has 0 bridgehead atoms. The molecule has 3 aromatic carbocycles. The number of benzene rings is 3. The van der Waals surface area contributed by atoms with Crippen molar-refractivity contribution in [3.05, 3.63) is 95.8 Å². The van der Waals surface area contributed by atoms with Crippen molar-refractivity contribution >= 4 is 11.8 Å². The van der Waals surface area contributed by atoms with Gasteiger partial charge in [0, 0.05) is 24.2 Å². The highest BCUT2D eigenvalue weighted by molar-refractivity contribution is 5.95. The lowest BCUT2D eigenvalue weighted by atomic mass is 9.78. The van der Waals surface area contributed by atoms with Gasteiger partial charge in [-0.15, -0.1) is 0 Å². The first-order chi connectivity index (χ1) is 14.5. The minimum absolute atomic E-state index is 0.110. The van der Waals surface area contributed by atoms with Gasteiger partial charge in [0.2, 0.25) is 5.91 Å². The molecule has 1 aliphatic heterocycles. The molecule has 3 aromatic rings. The van der Waals surface area contributed by atoms with Crippen LogP contribution in [-0.2, 0) is 11.2 Å². The standard InChI is InChI=1S/C25H23FN2O2/c26-22-13-7-6-12-21(22)20-11-5-4-10-19(20)16-25(24(27)30)14-15-28(17-25)23(29)18-8-2-1-3-9-18/h1-13H,14-17H2,(H2,27,30). The van der Waals surface area contributed by atoms with Gasteiger partial charge in [-0.3, -0.25) is 9.59 Å². The second-order valence-corrected chi connectivity index (χ2v) is 7.80. The fourth-order valence-corrected chi connectivity index (χ4v) is 4.22. The van der Waals surface area contributed by atoms with Crippen LogP contribution >= 0.6 is 0 Å².